The van der Waals surface area contributed by atoms with Crippen molar-refractivity contribution in [1.82, 2.24) is 0 Å². The molecule has 0 bridgehead atoms. The van der Waals surface area contributed by atoms with Crippen LogP contribution >= 0.6 is 11.8 Å². The fourth-order valence-corrected chi connectivity index (χ4v) is 2.31. The Morgan fingerprint density at radius 3 is 2.40 bits per heavy atom. The summed E-state index contributed by atoms with van der Waals surface area (Å²) < 4.78 is 0. The van der Waals surface area contributed by atoms with E-state index in [-0.39, 0.29) is 5.91 Å². The van der Waals surface area contributed by atoms with E-state index in [4.69, 9.17) is 5.26 Å². The maximum Gasteiger partial charge on any atom is 0.234 e. The molecule has 0 radical (unpaired) electrons. The van der Waals surface area contributed by atoms with Gasteiger partial charge in [-0.25, -0.2) is 0 Å². The van der Waals surface area contributed by atoms with Crippen LogP contribution in [-0.4, -0.2) is 11.7 Å². The monoisotopic (exact) mass is 282 g/mol. The second-order valence-corrected chi connectivity index (χ2v) is 5.39. The highest BCUT2D eigenvalue weighted by Crippen LogP contribution is 2.18. The molecule has 0 heterocycles. The molecule has 4 heteroatoms. The van der Waals surface area contributed by atoms with Gasteiger partial charge in [-0.1, -0.05) is 17.7 Å². The van der Waals surface area contributed by atoms with Gasteiger partial charge in [0.1, 0.15) is 0 Å². The van der Waals surface area contributed by atoms with Crippen molar-refractivity contribution in [2.45, 2.75) is 11.8 Å². The van der Waals surface area contributed by atoms with Gasteiger partial charge in [0.05, 0.1) is 17.4 Å². The number of nitriles is 1. The molecule has 0 aromatic heterocycles. The molecular weight excluding hydrogens is 268 g/mol. The molecule has 3 nitrogen and oxygen atoms in total. The molecule has 0 aliphatic carbocycles. The summed E-state index contributed by atoms with van der Waals surface area (Å²) in [6.45, 7) is 2.03. The minimum Gasteiger partial charge on any atom is -0.325 e. The summed E-state index contributed by atoms with van der Waals surface area (Å²) in [5.74, 6) is 0.309. The predicted octanol–water partition coefficient (Wildman–Crippen LogP) is 3.60. The molecule has 2 aromatic rings. The average Bonchev–Trinajstić information content (AvgIpc) is 2.47. The molecule has 0 saturated heterocycles. The molecule has 0 aliphatic heterocycles. The Balaban J connectivity index is 1.86. The van der Waals surface area contributed by atoms with E-state index in [0.717, 1.165) is 4.90 Å². The highest BCUT2D eigenvalue weighted by molar-refractivity contribution is 8.00. The van der Waals surface area contributed by atoms with E-state index >= 15 is 0 Å². The van der Waals surface area contributed by atoms with Crippen LogP contribution in [0.5, 0.6) is 0 Å². The molecule has 0 unspecified atom stereocenters. The SMILES string of the molecule is Cc1ccc(SCC(=O)Nc2ccc(C#N)cc2)cc1. The van der Waals surface area contributed by atoms with Gasteiger partial charge in [0.2, 0.25) is 5.91 Å². The minimum absolute atomic E-state index is 0.0553. The zero-order valence-corrected chi connectivity index (χ0v) is 11.9. The van der Waals surface area contributed by atoms with Crippen LogP contribution in [0.1, 0.15) is 11.1 Å². The molecule has 0 fully saturated rings. The van der Waals surface area contributed by atoms with E-state index in [9.17, 15) is 4.79 Å². The standard InChI is InChI=1S/C16H14N2OS/c1-12-2-8-15(9-3-12)20-11-16(19)18-14-6-4-13(10-17)5-7-14/h2-9H,11H2,1H3,(H,18,19). The number of aryl methyl sites for hydroxylation is 1. The maximum atomic E-state index is 11.8. The summed E-state index contributed by atoms with van der Waals surface area (Å²) >= 11 is 1.50. The smallest absolute Gasteiger partial charge is 0.234 e. The summed E-state index contributed by atoms with van der Waals surface area (Å²) in [6, 6.07) is 16.9. The Bertz CT molecular complexity index is 627. The second-order valence-electron chi connectivity index (χ2n) is 4.34. The van der Waals surface area contributed by atoms with E-state index in [1.54, 1.807) is 24.3 Å². The lowest BCUT2D eigenvalue weighted by Gasteiger charge is -2.05. The minimum atomic E-state index is -0.0553. The predicted molar refractivity (Wildman–Crippen MR) is 81.7 cm³/mol. The number of hydrogen-bond donors (Lipinski definition) is 1. The lowest BCUT2D eigenvalue weighted by Crippen LogP contribution is -2.13. The van der Waals surface area contributed by atoms with E-state index < -0.39 is 0 Å². The van der Waals surface area contributed by atoms with Crippen molar-refractivity contribution >= 4 is 23.4 Å². The highest BCUT2D eigenvalue weighted by atomic mass is 32.2. The van der Waals surface area contributed by atoms with Gasteiger partial charge in [0.15, 0.2) is 0 Å². The number of nitrogens with one attached hydrogen (secondary N) is 1. The first-order chi connectivity index (χ1) is 9.67. The number of anilines is 1. The normalized spacial score (nSPS) is 9.80. The second kappa shape index (κ2) is 6.78. The first-order valence-electron chi connectivity index (χ1n) is 6.17. The Morgan fingerprint density at radius 2 is 1.80 bits per heavy atom. The molecule has 0 atom stereocenters. The number of nitrogens with zero attached hydrogens (tertiary/aromatic N) is 1. The summed E-state index contributed by atoms with van der Waals surface area (Å²) in [4.78, 5) is 12.9. The van der Waals surface area contributed by atoms with Gasteiger partial charge in [-0.15, -0.1) is 11.8 Å². The molecule has 20 heavy (non-hydrogen) atoms. The van der Waals surface area contributed by atoms with Crippen molar-refractivity contribution in [1.29, 1.82) is 5.26 Å². The Hall–Kier alpha value is -2.25. The zero-order valence-electron chi connectivity index (χ0n) is 11.1. The third-order valence-corrected chi connectivity index (χ3v) is 3.70. The number of benzene rings is 2. The lowest BCUT2D eigenvalue weighted by molar-refractivity contribution is -0.113. The van der Waals surface area contributed by atoms with Crippen LogP contribution in [0.15, 0.2) is 53.4 Å². The third kappa shape index (κ3) is 4.15. The van der Waals surface area contributed by atoms with Crippen LogP contribution in [0.25, 0.3) is 0 Å². The molecular formula is C16H14N2OS. The van der Waals surface area contributed by atoms with Crippen LogP contribution in [0.2, 0.25) is 0 Å². The van der Waals surface area contributed by atoms with Gasteiger partial charge in [0.25, 0.3) is 0 Å². The average molecular weight is 282 g/mol. The Kier molecular flexibility index (Phi) is 4.80. The van der Waals surface area contributed by atoms with E-state index in [0.29, 0.717) is 17.0 Å². The maximum absolute atomic E-state index is 11.8. The number of carbonyl (C=O) groups excluding carboxylic acids is 1. The van der Waals surface area contributed by atoms with Crippen molar-refractivity contribution in [3.8, 4) is 6.07 Å². The van der Waals surface area contributed by atoms with Crippen molar-refractivity contribution in [3.05, 3.63) is 59.7 Å². The molecule has 0 saturated carbocycles. The van der Waals surface area contributed by atoms with Gasteiger partial charge < -0.3 is 5.32 Å². The highest BCUT2D eigenvalue weighted by Gasteiger charge is 2.03. The summed E-state index contributed by atoms with van der Waals surface area (Å²) in [6.07, 6.45) is 0. The number of carbonyl (C=O) groups is 1. The van der Waals surface area contributed by atoms with Crippen LogP contribution in [0, 0.1) is 18.3 Å². The van der Waals surface area contributed by atoms with Crippen LogP contribution in [-0.2, 0) is 4.79 Å². The van der Waals surface area contributed by atoms with E-state index in [1.165, 1.54) is 17.3 Å². The fraction of sp³-hybridized carbons (Fsp3) is 0.125. The molecule has 100 valence electrons. The van der Waals surface area contributed by atoms with Crippen LogP contribution in [0.3, 0.4) is 0 Å². The van der Waals surface area contributed by atoms with Crippen molar-refractivity contribution in [2.24, 2.45) is 0 Å². The summed E-state index contributed by atoms with van der Waals surface area (Å²) in [5, 5.41) is 11.5. The van der Waals surface area contributed by atoms with Crippen molar-refractivity contribution in [3.63, 3.8) is 0 Å². The number of amides is 1. The Labute approximate surface area is 122 Å². The van der Waals surface area contributed by atoms with E-state index in [1.807, 2.05) is 37.3 Å². The zero-order chi connectivity index (χ0) is 14.4. The molecule has 2 aromatic carbocycles. The lowest BCUT2D eigenvalue weighted by atomic mass is 10.2. The van der Waals surface area contributed by atoms with Crippen LogP contribution in [0.4, 0.5) is 5.69 Å². The largest absolute Gasteiger partial charge is 0.325 e. The van der Waals surface area contributed by atoms with Gasteiger partial charge >= 0.3 is 0 Å². The van der Waals surface area contributed by atoms with Crippen molar-refractivity contribution in [2.75, 3.05) is 11.1 Å². The molecule has 1 amide bonds. The topological polar surface area (TPSA) is 52.9 Å². The molecule has 0 aliphatic rings. The Morgan fingerprint density at radius 1 is 1.15 bits per heavy atom. The van der Waals surface area contributed by atoms with Gasteiger partial charge in [-0.05, 0) is 43.3 Å². The molecule has 2 rings (SSSR count). The van der Waals surface area contributed by atoms with Crippen molar-refractivity contribution < 1.29 is 4.79 Å². The van der Waals surface area contributed by atoms with Crippen LogP contribution < -0.4 is 5.32 Å². The quantitative estimate of drug-likeness (QED) is 0.872. The summed E-state index contributed by atoms with van der Waals surface area (Å²) in [7, 11) is 0. The molecule has 1 N–H and O–H groups in total. The first kappa shape index (κ1) is 14.2. The van der Waals surface area contributed by atoms with E-state index in [2.05, 4.69) is 5.32 Å². The number of thioether (sulfide) groups is 1. The number of hydrogen-bond acceptors (Lipinski definition) is 3. The van der Waals surface area contributed by atoms with Gasteiger partial charge in [-0.3, -0.25) is 4.79 Å². The third-order valence-electron chi connectivity index (χ3n) is 2.69. The fourth-order valence-electron chi connectivity index (χ4n) is 1.61. The first-order valence-corrected chi connectivity index (χ1v) is 7.15. The molecule has 0 spiro atoms. The summed E-state index contributed by atoms with van der Waals surface area (Å²) in [5.41, 5.74) is 2.49. The van der Waals surface area contributed by atoms with Gasteiger partial charge in [0, 0.05) is 10.6 Å². The van der Waals surface area contributed by atoms with Gasteiger partial charge in [-0.2, -0.15) is 5.26 Å². The number of rotatable bonds is 4.